The molecule has 1 aromatic rings. The predicted octanol–water partition coefficient (Wildman–Crippen LogP) is 4.46. The molecule has 102 valence electrons. The van der Waals surface area contributed by atoms with Gasteiger partial charge < -0.3 is 5.73 Å². The number of nitrogens with two attached hydrogens (primary N) is 1. The van der Waals surface area contributed by atoms with Gasteiger partial charge in [-0.3, -0.25) is 0 Å². The van der Waals surface area contributed by atoms with Crippen molar-refractivity contribution in [2.24, 2.45) is 11.3 Å². The van der Waals surface area contributed by atoms with E-state index in [9.17, 15) is 0 Å². The van der Waals surface area contributed by atoms with Gasteiger partial charge in [-0.05, 0) is 54.2 Å². The van der Waals surface area contributed by atoms with E-state index in [0.717, 1.165) is 28.1 Å². The van der Waals surface area contributed by atoms with Gasteiger partial charge in [0.15, 0.2) is 0 Å². The number of halogens is 1. The van der Waals surface area contributed by atoms with Crippen molar-refractivity contribution in [2.75, 3.05) is 5.73 Å². The summed E-state index contributed by atoms with van der Waals surface area (Å²) in [4.78, 5) is 0. The lowest BCUT2D eigenvalue weighted by atomic mass is 9.65. The molecule has 0 aliphatic heterocycles. The summed E-state index contributed by atoms with van der Waals surface area (Å²) in [7, 11) is 5.77. The van der Waals surface area contributed by atoms with Crippen LogP contribution in [0.1, 0.15) is 50.7 Å². The molecule has 19 heavy (non-hydrogen) atoms. The third kappa shape index (κ3) is 3.18. The minimum Gasteiger partial charge on any atom is -0.398 e. The van der Waals surface area contributed by atoms with E-state index in [1.54, 1.807) is 0 Å². The highest BCUT2D eigenvalue weighted by Crippen LogP contribution is 2.44. The fraction of sp³-hybridized carbons (Fsp3) is 0.625. The summed E-state index contributed by atoms with van der Waals surface area (Å²) in [6.07, 6.45) is 6.95. The number of hydrogen-bond acceptors (Lipinski definition) is 1. The van der Waals surface area contributed by atoms with Crippen LogP contribution in [0.5, 0.6) is 0 Å². The Labute approximate surface area is 126 Å². The molecular weight excluding hydrogens is 297 g/mol. The standard InChI is InChI=1S/C16H23BBrN/c1-16(2,12-4-3-5-12)9-8-11-6-7-14(18)13(10-17)15(11)19/h6-7,12H,3-5,8-10,19H2,1-2H3. The average Bonchev–Trinajstić information content (AvgIpc) is 2.25. The summed E-state index contributed by atoms with van der Waals surface area (Å²) in [5.41, 5.74) is 9.83. The van der Waals surface area contributed by atoms with Gasteiger partial charge in [0.05, 0.1) is 7.85 Å². The zero-order chi connectivity index (χ0) is 14.0. The van der Waals surface area contributed by atoms with Crippen molar-refractivity contribution in [1.82, 2.24) is 0 Å². The molecule has 0 heterocycles. The second-order valence-electron chi connectivity index (χ2n) is 6.42. The molecule has 0 spiro atoms. The molecule has 1 aliphatic carbocycles. The van der Waals surface area contributed by atoms with Crippen molar-refractivity contribution in [3.63, 3.8) is 0 Å². The lowest BCUT2D eigenvalue weighted by Crippen LogP contribution is -2.30. The second kappa shape index (κ2) is 5.91. The molecule has 0 unspecified atom stereocenters. The lowest BCUT2D eigenvalue weighted by Gasteiger charge is -2.40. The topological polar surface area (TPSA) is 26.0 Å². The van der Waals surface area contributed by atoms with Gasteiger partial charge in [-0.15, -0.1) is 0 Å². The normalized spacial score (nSPS) is 16.4. The zero-order valence-corrected chi connectivity index (χ0v) is 13.6. The van der Waals surface area contributed by atoms with Gasteiger partial charge in [-0.2, -0.15) is 0 Å². The molecule has 1 aliphatic rings. The van der Waals surface area contributed by atoms with Crippen LogP contribution < -0.4 is 5.73 Å². The Morgan fingerprint density at radius 2 is 2.05 bits per heavy atom. The van der Waals surface area contributed by atoms with Crippen molar-refractivity contribution in [3.05, 3.63) is 27.7 Å². The average molecular weight is 320 g/mol. The maximum absolute atomic E-state index is 6.24. The summed E-state index contributed by atoms with van der Waals surface area (Å²) < 4.78 is 1.02. The molecule has 0 atom stereocenters. The summed E-state index contributed by atoms with van der Waals surface area (Å²) in [5.74, 6) is 0.901. The van der Waals surface area contributed by atoms with Gasteiger partial charge in [-0.25, -0.2) is 0 Å². The second-order valence-corrected chi connectivity index (χ2v) is 7.27. The first kappa shape index (κ1) is 15.0. The first-order chi connectivity index (χ1) is 8.95. The van der Waals surface area contributed by atoms with Crippen LogP contribution in [0.25, 0.3) is 0 Å². The number of anilines is 1. The number of nitrogen functional groups attached to an aromatic ring is 1. The van der Waals surface area contributed by atoms with E-state index in [4.69, 9.17) is 13.6 Å². The number of aryl methyl sites for hydroxylation is 1. The van der Waals surface area contributed by atoms with Crippen molar-refractivity contribution >= 4 is 29.5 Å². The minimum absolute atomic E-state index is 0.431. The number of benzene rings is 1. The Balaban J connectivity index is 2.07. The van der Waals surface area contributed by atoms with Crippen LogP contribution >= 0.6 is 15.9 Å². The Morgan fingerprint density at radius 1 is 1.37 bits per heavy atom. The number of hydrogen-bond donors (Lipinski definition) is 1. The molecule has 3 heteroatoms. The van der Waals surface area contributed by atoms with Crippen LogP contribution in [0.15, 0.2) is 16.6 Å². The molecule has 0 aromatic heterocycles. The molecule has 1 aromatic carbocycles. The molecule has 0 amide bonds. The summed E-state index contributed by atoms with van der Waals surface area (Å²) in [6.45, 7) is 4.80. The Bertz CT molecular complexity index is 452. The van der Waals surface area contributed by atoms with E-state index < -0.39 is 0 Å². The van der Waals surface area contributed by atoms with E-state index in [0.29, 0.717) is 11.7 Å². The highest BCUT2D eigenvalue weighted by molar-refractivity contribution is 9.10. The monoisotopic (exact) mass is 319 g/mol. The van der Waals surface area contributed by atoms with E-state index in [1.165, 1.54) is 31.2 Å². The molecule has 1 fully saturated rings. The van der Waals surface area contributed by atoms with E-state index >= 15 is 0 Å². The van der Waals surface area contributed by atoms with Crippen molar-refractivity contribution in [3.8, 4) is 0 Å². The predicted molar refractivity (Wildman–Crippen MR) is 87.5 cm³/mol. The van der Waals surface area contributed by atoms with Gasteiger partial charge in [0.25, 0.3) is 0 Å². The smallest absolute Gasteiger partial charge is 0.0718 e. The zero-order valence-electron chi connectivity index (χ0n) is 12.0. The van der Waals surface area contributed by atoms with Crippen LogP contribution in [0.3, 0.4) is 0 Å². The summed E-state index contributed by atoms with van der Waals surface area (Å²) in [5, 5.41) is 0. The van der Waals surface area contributed by atoms with E-state index in [-0.39, 0.29) is 0 Å². The maximum Gasteiger partial charge on any atom is 0.0718 e. The number of rotatable bonds is 5. The van der Waals surface area contributed by atoms with Gasteiger partial charge in [0, 0.05) is 10.2 Å². The van der Waals surface area contributed by atoms with Gasteiger partial charge in [0.1, 0.15) is 0 Å². The van der Waals surface area contributed by atoms with Crippen LogP contribution in [-0.2, 0) is 12.7 Å². The lowest BCUT2D eigenvalue weighted by molar-refractivity contribution is 0.111. The maximum atomic E-state index is 6.24. The third-order valence-corrected chi connectivity index (χ3v) is 5.59. The fourth-order valence-corrected chi connectivity index (χ4v) is 3.47. The first-order valence-electron chi connectivity index (χ1n) is 7.21. The van der Waals surface area contributed by atoms with Gasteiger partial charge in [-0.1, -0.05) is 48.6 Å². The van der Waals surface area contributed by atoms with E-state index in [1.807, 2.05) is 0 Å². The SMILES string of the molecule is [B]Cc1c(Br)ccc(CCC(C)(C)C2CCC2)c1N. The van der Waals surface area contributed by atoms with Crippen LogP contribution in [0.4, 0.5) is 5.69 Å². The molecule has 2 N–H and O–H groups in total. The van der Waals surface area contributed by atoms with E-state index in [2.05, 4.69) is 41.9 Å². The largest absolute Gasteiger partial charge is 0.398 e. The Morgan fingerprint density at radius 3 is 2.58 bits per heavy atom. The molecule has 0 saturated heterocycles. The molecule has 1 nitrogen and oxygen atoms in total. The van der Waals surface area contributed by atoms with Gasteiger partial charge in [0.2, 0.25) is 0 Å². The van der Waals surface area contributed by atoms with Gasteiger partial charge >= 0.3 is 0 Å². The van der Waals surface area contributed by atoms with Crippen LogP contribution in [0, 0.1) is 11.3 Å². The highest BCUT2D eigenvalue weighted by atomic mass is 79.9. The summed E-state index contributed by atoms with van der Waals surface area (Å²) in [6, 6.07) is 4.21. The van der Waals surface area contributed by atoms with Crippen molar-refractivity contribution < 1.29 is 0 Å². The molecule has 2 radical (unpaired) electrons. The molecule has 0 bridgehead atoms. The van der Waals surface area contributed by atoms with Crippen LogP contribution in [-0.4, -0.2) is 7.85 Å². The fourth-order valence-electron chi connectivity index (χ4n) is 2.96. The highest BCUT2D eigenvalue weighted by Gasteiger charge is 2.33. The van der Waals surface area contributed by atoms with Crippen molar-refractivity contribution in [2.45, 2.75) is 52.3 Å². The quantitative estimate of drug-likeness (QED) is 0.629. The minimum atomic E-state index is 0.431. The summed E-state index contributed by atoms with van der Waals surface area (Å²) >= 11 is 3.52. The molecular formula is C16H23BBrN. The van der Waals surface area contributed by atoms with Crippen LogP contribution in [0.2, 0.25) is 0 Å². The Kier molecular flexibility index (Phi) is 4.65. The molecule has 1 saturated carbocycles. The van der Waals surface area contributed by atoms with Crippen molar-refractivity contribution in [1.29, 1.82) is 0 Å². The molecule has 2 rings (SSSR count). The first-order valence-corrected chi connectivity index (χ1v) is 8.01. The third-order valence-electron chi connectivity index (χ3n) is 4.84. The Hall–Kier alpha value is -0.435.